The second kappa shape index (κ2) is 13.3. The number of aliphatic hydroxyl groups is 2. The standard InChI is InChI=1S/C23H32N6O7/c1-12(30)18(22(34)29-19(13(2)31)23(35)36)28-21(33)17(8-14-6-4-3-5-7-14)27-20(32)16(24)9-15-10-25-11-26-15/h3-7,10-13,16-19,30-31H,8-9,24H2,1-2H3,(H,25,26)(H,27,32)(H,28,33)(H,29,34)(H,35,36). The monoisotopic (exact) mass is 504 g/mol. The lowest BCUT2D eigenvalue weighted by molar-refractivity contribution is -0.146. The molecule has 6 atom stereocenters. The topological polar surface area (TPSA) is 220 Å². The number of carboxylic acid groups (broad SMARTS) is 1. The van der Waals surface area contributed by atoms with Crippen LogP contribution in [0.15, 0.2) is 42.9 Å². The Balaban J connectivity index is 2.18. The fourth-order valence-corrected chi connectivity index (χ4v) is 3.35. The van der Waals surface area contributed by atoms with Gasteiger partial charge in [-0.25, -0.2) is 9.78 Å². The first-order chi connectivity index (χ1) is 17.0. The van der Waals surface area contributed by atoms with Gasteiger partial charge in [0.1, 0.15) is 12.1 Å². The molecule has 0 bridgehead atoms. The maximum absolute atomic E-state index is 13.2. The van der Waals surface area contributed by atoms with Gasteiger partial charge in [0.15, 0.2) is 6.04 Å². The van der Waals surface area contributed by atoms with Gasteiger partial charge < -0.3 is 42.0 Å². The molecule has 1 heterocycles. The summed E-state index contributed by atoms with van der Waals surface area (Å²) in [4.78, 5) is 56.6. The van der Waals surface area contributed by atoms with E-state index in [-0.39, 0.29) is 12.8 Å². The predicted molar refractivity (Wildman–Crippen MR) is 127 cm³/mol. The van der Waals surface area contributed by atoms with Crippen LogP contribution in [0.3, 0.4) is 0 Å². The van der Waals surface area contributed by atoms with Crippen molar-refractivity contribution in [1.82, 2.24) is 25.9 Å². The number of aromatic amines is 1. The van der Waals surface area contributed by atoms with Crippen LogP contribution in [0, 0.1) is 0 Å². The van der Waals surface area contributed by atoms with Gasteiger partial charge in [-0.15, -0.1) is 0 Å². The van der Waals surface area contributed by atoms with Crippen molar-refractivity contribution >= 4 is 23.7 Å². The second-order valence-electron chi connectivity index (χ2n) is 8.43. The molecule has 0 saturated carbocycles. The molecule has 3 amide bonds. The number of carbonyl (C=O) groups is 4. The molecule has 2 aromatic rings. The predicted octanol–water partition coefficient (Wildman–Crippen LogP) is -2.18. The Kier molecular flexibility index (Phi) is 10.5. The van der Waals surface area contributed by atoms with E-state index < -0.39 is 60.1 Å². The van der Waals surface area contributed by atoms with Gasteiger partial charge in [-0.2, -0.15) is 0 Å². The fraction of sp³-hybridized carbons (Fsp3) is 0.435. The number of H-pyrrole nitrogens is 1. The number of aliphatic carboxylic acids is 1. The fourth-order valence-electron chi connectivity index (χ4n) is 3.35. The molecule has 0 radical (unpaired) electrons. The maximum Gasteiger partial charge on any atom is 0.328 e. The van der Waals surface area contributed by atoms with E-state index in [2.05, 4.69) is 25.9 Å². The zero-order chi connectivity index (χ0) is 26.8. The molecule has 13 heteroatoms. The summed E-state index contributed by atoms with van der Waals surface area (Å²) < 4.78 is 0. The normalized spacial score (nSPS) is 16.0. The summed E-state index contributed by atoms with van der Waals surface area (Å²) in [6.07, 6.45) is 0.297. The highest BCUT2D eigenvalue weighted by Gasteiger charge is 2.34. The average molecular weight is 505 g/mol. The van der Waals surface area contributed by atoms with E-state index in [1.165, 1.54) is 26.4 Å². The Labute approximate surface area is 207 Å². The van der Waals surface area contributed by atoms with E-state index in [1.807, 2.05) is 0 Å². The highest BCUT2D eigenvalue weighted by Crippen LogP contribution is 2.07. The SMILES string of the molecule is CC(O)C(NC(=O)C(NC(=O)C(Cc1ccccc1)NC(=O)C(N)Cc1cnc[nH]1)C(C)O)C(=O)O. The molecule has 36 heavy (non-hydrogen) atoms. The molecular formula is C23H32N6O7. The Hall–Kier alpha value is -3.81. The number of aromatic nitrogens is 2. The summed E-state index contributed by atoms with van der Waals surface area (Å²) in [5.41, 5.74) is 7.31. The van der Waals surface area contributed by atoms with Crippen LogP contribution >= 0.6 is 0 Å². The van der Waals surface area contributed by atoms with Crippen molar-refractivity contribution in [3.63, 3.8) is 0 Å². The number of amides is 3. The van der Waals surface area contributed by atoms with Gasteiger partial charge in [0.2, 0.25) is 17.7 Å². The van der Waals surface area contributed by atoms with Gasteiger partial charge in [0, 0.05) is 24.7 Å². The second-order valence-corrected chi connectivity index (χ2v) is 8.43. The maximum atomic E-state index is 13.2. The highest BCUT2D eigenvalue weighted by atomic mass is 16.4. The number of hydrogen-bond acceptors (Lipinski definition) is 8. The number of hydrogen-bond donors (Lipinski definition) is 8. The van der Waals surface area contributed by atoms with Crippen LogP contribution in [0.4, 0.5) is 0 Å². The third-order valence-corrected chi connectivity index (χ3v) is 5.36. The Morgan fingerprint density at radius 3 is 2.06 bits per heavy atom. The Morgan fingerprint density at radius 2 is 1.53 bits per heavy atom. The number of nitrogens with zero attached hydrogens (tertiary/aromatic N) is 1. The number of imidazole rings is 1. The summed E-state index contributed by atoms with van der Waals surface area (Å²) in [7, 11) is 0. The van der Waals surface area contributed by atoms with Gasteiger partial charge in [0.25, 0.3) is 0 Å². The van der Waals surface area contributed by atoms with Crippen LogP contribution in [0.5, 0.6) is 0 Å². The number of nitrogens with one attached hydrogen (secondary N) is 4. The third kappa shape index (κ3) is 8.45. The summed E-state index contributed by atoms with van der Waals surface area (Å²) in [5.74, 6) is -3.94. The molecule has 0 saturated heterocycles. The van der Waals surface area contributed by atoms with Crippen molar-refractivity contribution in [3.8, 4) is 0 Å². The van der Waals surface area contributed by atoms with Crippen molar-refractivity contribution in [2.75, 3.05) is 0 Å². The summed E-state index contributed by atoms with van der Waals surface area (Å²) in [5, 5.41) is 36.0. The van der Waals surface area contributed by atoms with Crippen molar-refractivity contribution < 1.29 is 34.5 Å². The molecule has 1 aromatic carbocycles. The molecule has 9 N–H and O–H groups in total. The number of carbonyl (C=O) groups excluding carboxylic acids is 3. The van der Waals surface area contributed by atoms with Gasteiger partial charge in [-0.3, -0.25) is 14.4 Å². The zero-order valence-electron chi connectivity index (χ0n) is 19.9. The number of rotatable bonds is 13. The average Bonchev–Trinajstić information content (AvgIpc) is 3.33. The molecule has 0 aliphatic rings. The van der Waals surface area contributed by atoms with Gasteiger partial charge in [0.05, 0.1) is 24.6 Å². The van der Waals surface area contributed by atoms with Crippen molar-refractivity contribution in [2.45, 2.75) is 63.1 Å². The van der Waals surface area contributed by atoms with E-state index in [1.54, 1.807) is 30.3 Å². The van der Waals surface area contributed by atoms with Crippen molar-refractivity contribution in [3.05, 3.63) is 54.1 Å². The zero-order valence-corrected chi connectivity index (χ0v) is 19.9. The minimum atomic E-state index is -1.66. The van der Waals surface area contributed by atoms with Crippen LogP contribution in [0.2, 0.25) is 0 Å². The van der Waals surface area contributed by atoms with Crippen LogP contribution in [0.1, 0.15) is 25.1 Å². The molecule has 2 rings (SSSR count). The molecule has 196 valence electrons. The van der Waals surface area contributed by atoms with Crippen LogP contribution in [0.25, 0.3) is 0 Å². The van der Waals surface area contributed by atoms with Crippen molar-refractivity contribution in [1.29, 1.82) is 0 Å². The van der Waals surface area contributed by atoms with E-state index in [4.69, 9.17) is 5.73 Å². The molecule has 0 fully saturated rings. The molecule has 0 spiro atoms. The summed E-state index contributed by atoms with van der Waals surface area (Å²) >= 11 is 0. The summed E-state index contributed by atoms with van der Waals surface area (Å²) in [6, 6.07) is 3.39. The first-order valence-corrected chi connectivity index (χ1v) is 11.3. The molecule has 6 unspecified atom stereocenters. The minimum absolute atomic E-state index is 0.0504. The van der Waals surface area contributed by atoms with Gasteiger partial charge >= 0.3 is 5.97 Å². The molecular weight excluding hydrogens is 472 g/mol. The van der Waals surface area contributed by atoms with E-state index in [0.717, 1.165) is 0 Å². The van der Waals surface area contributed by atoms with Gasteiger partial charge in [-0.1, -0.05) is 30.3 Å². The number of nitrogens with two attached hydrogens (primary N) is 1. The van der Waals surface area contributed by atoms with Crippen LogP contribution < -0.4 is 21.7 Å². The van der Waals surface area contributed by atoms with E-state index in [9.17, 15) is 34.5 Å². The number of aliphatic hydroxyl groups excluding tert-OH is 2. The Morgan fingerprint density at radius 1 is 0.917 bits per heavy atom. The number of benzene rings is 1. The smallest absolute Gasteiger partial charge is 0.328 e. The number of carboxylic acids is 1. The highest BCUT2D eigenvalue weighted by molar-refractivity contribution is 5.94. The quantitative estimate of drug-likeness (QED) is 0.148. The first kappa shape index (κ1) is 28.4. The molecule has 1 aromatic heterocycles. The Bertz CT molecular complexity index is 1010. The minimum Gasteiger partial charge on any atom is -0.480 e. The largest absolute Gasteiger partial charge is 0.480 e. The molecule has 13 nitrogen and oxygen atoms in total. The molecule has 0 aliphatic carbocycles. The van der Waals surface area contributed by atoms with Crippen LogP contribution in [-0.4, -0.2) is 85.4 Å². The van der Waals surface area contributed by atoms with E-state index >= 15 is 0 Å². The lowest BCUT2D eigenvalue weighted by Gasteiger charge is -2.27. The van der Waals surface area contributed by atoms with Crippen LogP contribution in [-0.2, 0) is 32.0 Å². The lowest BCUT2D eigenvalue weighted by Crippen LogP contribution is -2.61. The van der Waals surface area contributed by atoms with Gasteiger partial charge in [-0.05, 0) is 19.4 Å². The van der Waals surface area contributed by atoms with E-state index in [0.29, 0.717) is 11.3 Å². The summed E-state index contributed by atoms with van der Waals surface area (Å²) in [6.45, 7) is 2.40. The molecule has 0 aliphatic heterocycles. The lowest BCUT2D eigenvalue weighted by atomic mass is 10.0. The first-order valence-electron chi connectivity index (χ1n) is 11.3. The van der Waals surface area contributed by atoms with Crippen molar-refractivity contribution in [2.24, 2.45) is 5.73 Å². The third-order valence-electron chi connectivity index (χ3n) is 5.36.